The first kappa shape index (κ1) is 38.8. The summed E-state index contributed by atoms with van der Waals surface area (Å²) in [6.07, 6.45) is 4.98. The van der Waals surface area contributed by atoms with Gasteiger partial charge in [0.1, 0.15) is 0 Å². The van der Waals surface area contributed by atoms with Gasteiger partial charge in [-0.05, 0) is 149 Å². The van der Waals surface area contributed by atoms with Crippen molar-refractivity contribution in [2.24, 2.45) is 5.92 Å². The fourth-order valence-corrected chi connectivity index (χ4v) is 9.50. The molecule has 1 aliphatic heterocycles. The van der Waals surface area contributed by atoms with Crippen molar-refractivity contribution >= 4 is 46.5 Å². The van der Waals surface area contributed by atoms with E-state index in [0.717, 1.165) is 7.28 Å². The third-order valence-electron chi connectivity index (χ3n) is 13.6. The smallest absolute Gasteiger partial charge is 0.200 e. The number of benzene rings is 5. The Hall–Kier alpha value is -4.50. The summed E-state index contributed by atoms with van der Waals surface area (Å²) in [5, 5.41) is 0. The summed E-state index contributed by atoms with van der Waals surface area (Å²) >= 11 is 0. The van der Waals surface area contributed by atoms with Crippen LogP contribution in [0.1, 0.15) is 121 Å². The molecular formula is C52H63BN2. The van der Waals surface area contributed by atoms with Crippen LogP contribution in [0, 0.1) is 19.8 Å². The summed E-state index contributed by atoms with van der Waals surface area (Å²) in [5.74, 6) is 0.681. The van der Waals surface area contributed by atoms with Gasteiger partial charge < -0.3 is 9.80 Å². The van der Waals surface area contributed by atoms with E-state index in [1.165, 1.54) is 96.6 Å². The van der Waals surface area contributed by atoms with Gasteiger partial charge in [-0.15, -0.1) is 0 Å². The van der Waals surface area contributed by atoms with Gasteiger partial charge in [0.15, 0.2) is 7.28 Å². The molecule has 0 amide bonds. The highest BCUT2D eigenvalue weighted by Crippen LogP contribution is 2.48. The predicted octanol–water partition coefficient (Wildman–Crippen LogP) is 12.6. The Bertz CT molecular complexity index is 2250. The molecule has 0 saturated carbocycles. The first-order valence-electron chi connectivity index (χ1n) is 20.7. The molecule has 5 aromatic carbocycles. The van der Waals surface area contributed by atoms with E-state index in [2.05, 4.69) is 203 Å². The molecule has 3 heteroatoms. The third kappa shape index (κ3) is 6.87. The Morgan fingerprint density at radius 2 is 1.42 bits per heavy atom. The number of nitrogens with zero attached hydrogens (tertiary/aromatic N) is 2. The largest absolute Gasteiger partial charge is 0.345 e. The summed E-state index contributed by atoms with van der Waals surface area (Å²) in [4.78, 5) is 5.23. The molecule has 5 aromatic rings. The van der Waals surface area contributed by atoms with Gasteiger partial charge in [-0.25, -0.2) is 0 Å². The zero-order chi connectivity index (χ0) is 39.6. The Balaban J connectivity index is 1.49. The van der Waals surface area contributed by atoms with E-state index < -0.39 is 0 Å². The van der Waals surface area contributed by atoms with E-state index in [4.69, 9.17) is 0 Å². The molecule has 0 aromatic heterocycles. The molecule has 0 fully saturated rings. The average Bonchev–Trinajstić information content (AvgIpc) is 3.15. The minimum absolute atomic E-state index is 0.145. The lowest BCUT2D eigenvalue weighted by molar-refractivity contribution is 0.332. The van der Waals surface area contributed by atoms with Gasteiger partial charge in [0.05, 0.1) is 5.54 Å². The minimum Gasteiger partial charge on any atom is -0.345 e. The SMILES string of the molecule is C/C(=C\C(C)(C(C)C)N1c2cc(-c3c(C)cccc3C)ccc2Bc2c(N(C)c3ccc4c(c3)C(C)(C)CCC4(C)C)cc(C(C)C)cc21)c1ccccc1. The van der Waals surface area contributed by atoms with E-state index in [1.54, 1.807) is 0 Å². The molecule has 55 heavy (non-hydrogen) atoms. The lowest BCUT2D eigenvalue weighted by atomic mass is 9.58. The molecule has 0 saturated heterocycles. The quantitative estimate of drug-likeness (QED) is 0.147. The van der Waals surface area contributed by atoms with E-state index >= 15 is 0 Å². The van der Waals surface area contributed by atoms with E-state index in [-0.39, 0.29) is 16.4 Å². The van der Waals surface area contributed by atoms with Crippen molar-refractivity contribution in [3.8, 4) is 11.1 Å². The fourth-order valence-electron chi connectivity index (χ4n) is 9.50. The maximum absolute atomic E-state index is 2.73. The normalized spacial score (nSPS) is 16.9. The molecule has 0 spiro atoms. The molecule has 2 nitrogen and oxygen atoms in total. The van der Waals surface area contributed by atoms with Crippen LogP contribution in [0.5, 0.6) is 0 Å². The van der Waals surface area contributed by atoms with Gasteiger partial charge in [-0.3, -0.25) is 0 Å². The molecule has 7 rings (SSSR count). The van der Waals surface area contributed by atoms with Crippen LogP contribution in [0.25, 0.3) is 16.7 Å². The van der Waals surface area contributed by atoms with Crippen LogP contribution >= 0.6 is 0 Å². The van der Waals surface area contributed by atoms with Crippen LogP contribution < -0.4 is 20.7 Å². The van der Waals surface area contributed by atoms with Crippen molar-refractivity contribution in [1.29, 1.82) is 0 Å². The zero-order valence-electron chi connectivity index (χ0n) is 36.0. The van der Waals surface area contributed by atoms with E-state index in [0.29, 0.717) is 11.8 Å². The van der Waals surface area contributed by atoms with Crippen LogP contribution in [-0.2, 0) is 10.8 Å². The maximum Gasteiger partial charge on any atom is 0.200 e. The number of hydrogen-bond donors (Lipinski definition) is 0. The Morgan fingerprint density at radius 1 is 0.764 bits per heavy atom. The fraction of sp³-hybridized carbons (Fsp3) is 0.385. The molecule has 1 heterocycles. The third-order valence-corrected chi connectivity index (χ3v) is 13.6. The number of anilines is 4. The molecule has 284 valence electrons. The first-order chi connectivity index (χ1) is 25.9. The highest BCUT2D eigenvalue weighted by molar-refractivity contribution is 6.73. The van der Waals surface area contributed by atoms with Gasteiger partial charge in [-0.1, -0.05) is 134 Å². The number of aryl methyl sites for hydroxylation is 2. The average molecular weight is 727 g/mol. The van der Waals surface area contributed by atoms with Crippen molar-refractivity contribution in [3.63, 3.8) is 0 Å². The molecule has 1 aliphatic carbocycles. The highest BCUT2D eigenvalue weighted by Gasteiger charge is 2.41. The summed E-state index contributed by atoms with van der Waals surface area (Å²) in [7, 11) is 3.18. The van der Waals surface area contributed by atoms with Gasteiger partial charge >= 0.3 is 0 Å². The Morgan fingerprint density at radius 3 is 2.05 bits per heavy atom. The van der Waals surface area contributed by atoms with E-state index in [1.807, 2.05) is 0 Å². The number of allylic oxidation sites excluding steroid dienone is 1. The predicted molar refractivity (Wildman–Crippen MR) is 244 cm³/mol. The summed E-state index contributed by atoms with van der Waals surface area (Å²) in [6.45, 7) is 28.4. The minimum atomic E-state index is -0.337. The van der Waals surface area contributed by atoms with Crippen LogP contribution in [-0.4, -0.2) is 19.9 Å². The number of hydrogen-bond acceptors (Lipinski definition) is 2. The van der Waals surface area contributed by atoms with Crippen LogP contribution in [0.2, 0.25) is 0 Å². The molecular weight excluding hydrogens is 663 g/mol. The van der Waals surface area contributed by atoms with Crippen molar-refractivity contribution < 1.29 is 0 Å². The van der Waals surface area contributed by atoms with Crippen molar-refractivity contribution in [2.75, 3.05) is 16.8 Å². The van der Waals surface area contributed by atoms with Crippen molar-refractivity contribution in [2.45, 2.75) is 118 Å². The van der Waals surface area contributed by atoms with Crippen molar-refractivity contribution in [3.05, 3.63) is 137 Å². The van der Waals surface area contributed by atoms with Crippen molar-refractivity contribution in [1.82, 2.24) is 0 Å². The first-order valence-corrected chi connectivity index (χ1v) is 20.7. The van der Waals surface area contributed by atoms with E-state index in [9.17, 15) is 0 Å². The molecule has 1 atom stereocenters. The lowest BCUT2D eigenvalue weighted by Crippen LogP contribution is -2.54. The molecule has 2 aliphatic rings. The molecule has 1 unspecified atom stereocenters. The lowest BCUT2D eigenvalue weighted by Gasteiger charge is -2.49. The van der Waals surface area contributed by atoms with Gasteiger partial charge in [0.25, 0.3) is 0 Å². The summed E-state index contributed by atoms with van der Waals surface area (Å²) in [6, 6.07) is 37.2. The number of rotatable bonds is 8. The summed E-state index contributed by atoms with van der Waals surface area (Å²) < 4.78 is 0. The zero-order valence-corrected chi connectivity index (χ0v) is 36.0. The molecule has 0 radical (unpaired) electrons. The second-order valence-electron chi connectivity index (χ2n) is 18.9. The molecule has 0 bridgehead atoms. The topological polar surface area (TPSA) is 6.48 Å². The van der Waals surface area contributed by atoms with Crippen LogP contribution in [0.3, 0.4) is 0 Å². The second-order valence-corrected chi connectivity index (χ2v) is 18.9. The van der Waals surface area contributed by atoms with Gasteiger partial charge in [0, 0.05) is 29.8 Å². The van der Waals surface area contributed by atoms with Crippen LogP contribution in [0.15, 0.2) is 103 Å². The Labute approximate surface area is 333 Å². The second kappa shape index (κ2) is 14.2. The van der Waals surface area contributed by atoms with Gasteiger partial charge in [-0.2, -0.15) is 0 Å². The highest BCUT2D eigenvalue weighted by atomic mass is 15.2. The standard InChI is InChI=1S/C52H63BN2/c1-33(2)40-29-46(54(13)41-23-24-42-43(31-41)51(10,11)27-26-50(42,8)9)49-47(30-40)55(52(12,34(3)4)32-37(7)38-20-15-14-16-21-38)45-28-39(22-25-44(45)53-49)48-35(5)18-17-19-36(48)6/h14-25,28-34,53H,26-27H2,1-13H3/b37-32+. The Kier molecular flexibility index (Phi) is 10.0. The summed E-state index contributed by atoms with van der Waals surface area (Å²) in [5.41, 5.74) is 20.2. The van der Waals surface area contributed by atoms with Gasteiger partial charge in [0.2, 0.25) is 0 Å². The molecule has 0 N–H and O–H groups in total. The number of fused-ring (bicyclic) bond motifs is 3. The maximum atomic E-state index is 2.73. The van der Waals surface area contributed by atoms with Crippen LogP contribution in [0.4, 0.5) is 22.7 Å². The monoisotopic (exact) mass is 727 g/mol.